The van der Waals surface area contributed by atoms with Crippen LogP contribution in [0, 0.1) is 0 Å². The number of carbonyl (C=O) groups excluding carboxylic acids is 1. The number of fused-ring (bicyclic) bond motifs is 1. The van der Waals surface area contributed by atoms with Gasteiger partial charge in [0.05, 0.1) is 11.0 Å². The molecule has 7 heteroatoms. The predicted octanol–water partition coefficient (Wildman–Crippen LogP) is 4.66. The Kier molecular flexibility index (Phi) is 5.41. The Morgan fingerprint density at radius 3 is 2.71 bits per heavy atom. The van der Waals surface area contributed by atoms with Crippen molar-refractivity contribution < 1.29 is 14.3 Å². The number of benzene rings is 2. The number of hydrogen-bond acceptors (Lipinski definition) is 6. The van der Waals surface area contributed by atoms with Gasteiger partial charge in [-0.05, 0) is 55.7 Å². The smallest absolute Gasteiger partial charge is 0.241 e. The van der Waals surface area contributed by atoms with E-state index in [9.17, 15) is 4.79 Å². The zero-order valence-corrected chi connectivity index (χ0v) is 17.0. The lowest BCUT2D eigenvalue weighted by atomic mass is 9.97. The number of para-hydroxylation sites is 2. The van der Waals surface area contributed by atoms with Gasteiger partial charge in [0.25, 0.3) is 0 Å². The number of nitrogens with zero attached hydrogens (tertiary/aromatic N) is 3. The Bertz CT molecular complexity index is 1160. The first-order valence-electron chi connectivity index (χ1n) is 10.4. The Hall–Kier alpha value is -3.58. The molecule has 0 amide bonds. The minimum absolute atomic E-state index is 0.165. The number of carbonyl (C=O) groups is 1. The summed E-state index contributed by atoms with van der Waals surface area (Å²) in [4.78, 5) is 29.2. The molecule has 1 atom stereocenters. The van der Waals surface area contributed by atoms with E-state index in [-0.39, 0.29) is 11.7 Å². The van der Waals surface area contributed by atoms with Crippen LogP contribution in [0.5, 0.6) is 11.6 Å². The summed E-state index contributed by atoms with van der Waals surface area (Å²) in [5.74, 6) is 1.53. The van der Waals surface area contributed by atoms with Gasteiger partial charge < -0.3 is 14.5 Å². The largest absolute Gasteiger partial charge is 0.437 e. The molecule has 0 aliphatic carbocycles. The Labute approximate surface area is 179 Å². The van der Waals surface area contributed by atoms with Crippen molar-refractivity contribution in [3.05, 3.63) is 78.0 Å². The Morgan fingerprint density at radius 2 is 1.84 bits per heavy atom. The van der Waals surface area contributed by atoms with Crippen molar-refractivity contribution in [1.82, 2.24) is 19.9 Å². The molecule has 7 nitrogen and oxygen atoms in total. The zero-order chi connectivity index (χ0) is 21.0. The van der Waals surface area contributed by atoms with E-state index >= 15 is 0 Å². The van der Waals surface area contributed by atoms with Gasteiger partial charge in [-0.1, -0.05) is 12.1 Å². The minimum atomic E-state index is -0.165. The first kappa shape index (κ1) is 19.4. The van der Waals surface area contributed by atoms with Crippen LogP contribution >= 0.6 is 0 Å². The number of imidazole rings is 1. The monoisotopic (exact) mass is 414 g/mol. The van der Waals surface area contributed by atoms with E-state index in [1.165, 1.54) is 0 Å². The molecule has 0 saturated carbocycles. The quantitative estimate of drug-likeness (QED) is 0.478. The SMILES string of the molecule is O=C(c1ccc(Oc2nccnc2[C@H]2CCCOCC2)cc1)c1nc2ccccc2[nH]1. The molecule has 0 radical (unpaired) electrons. The van der Waals surface area contributed by atoms with Crippen LogP contribution < -0.4 is 4.74 Å². The molecule has 0 bridgehead atoms. The highest BCUT2D eigenvalue weighted by Crippen LogP contribution is 2.33. The van der Waals surface area contributed by atoms with Crippen molar-refractivity contribution in [2.24, 2.45) is 0 Å². The van der Waals surface area contributed by atoms with E-state index in [4.69, 9.17) is 9.47 Å². The Balaban J connectivity index is 1.34. The molecule has 31 heavy (non-hydrogen) atoms. The van der Waals surface area contributed by atoms with Crippen LogP contribution in [0.15, 0.2) is 60.9 Å². The first-order valence-corrected chi connectivity index (χ1v) is 10.4. The molecule has 1 aliphatic rings. The standard InChI is InChI=1S/C24H22N4O3/c29-22(23-27-19-5-1-2-6-20(19)28-23)17-7-9-18(10-8-17)31-24-21(25-12-13-26-24)16-4-3-14-30-15-11-16/h1-2,5-10,12-13,16H,3-4,11,14-15H2,(H,27,28)/t16-/m0/s1. The topological polar surface area (TPSA) is 90.0 Å². The van der Waals surface area contributed by atoms with E-state index in [2.05, 4.69) is 19.9 Å². The second-order valence-electron chi connectivity index (χ2n) is 7.55. The van der Waals surface area contributed by atoms with Crippen LogP contribution in [-0.4, -0.2) is 38.9 Å². The van der Waals surface area contributed by atoms with Gasteiger partial charge in [-0.15, -0.1) is 0 Å². The number of aromatic amines is 1. The second kappa shape index (κ2) is 8.65. The van der Waals surface area contributed by atoms with E-state index in [0.29, 0.717) is 23.0 Å². The average molecular weight is 414 g/mol. The van der Waals surface area contributed by atoms with Crippen LogP contribution in [0.2, 0.25) is 0 Å². The number of nitrogens with one attached hydrogen (secondary N) is 1. The average Bonchev–Trinajstić information content (AvgIpc) is 3.06. The maximum Gasteiger partial charge on any atom is 0.241 e. The fraction of sp³-hybridized carbons (Fsp3) is 0.250. The molecule has 1 saturated heterocycles. The normalized spacial score (nSPS) is 16.7. The number of ketones is 1. The van der Waals surface area contributed by atoms with Crippen LogP contribution in [0.25, 0.3) is 11.0 Å². The maximum absolute atomic E-state index is 12.8. The van der Waals surface area contributed by atoms with Crippen molar-refractivity contribution in [2.45, 2.75) is 25.2 Å². The summed E-state index contributed by atoms with van der Waals surface area (Å²) in [5.41, 5.74) is 3.00. The first-order chi connectivity index (χ1) is 15.3. The van der Waals surface area contributed by atoms with Crippen molar-refractivity contribution in [3.63, 3.8) is 0 Å². The van der Waals surface area contributed by atoms with Gasteiger partial charge in [0.15, 0.2) is 5.82 Å². The number of aromatic nitrogens is 4. The van der Waals surface area contributed by atoms with E-state index in [1.54, 1.807) is 36.7 Å². The molecular formula is C24H22N4O3. The highest BCUT2D eigenvalue weighted by atomic mass is 16.5. The maximum atomic E-state index is 12.8. The molecular weight excluding hydrogens is 392 g/mol. The number of ether oxygens (including phenoxy) is 2. The summed E-state index contributed by atoms with van der Waals surface area (Å²) in [6.07, 6.45) is 6.23. The molecule has 4 aromatic rings. The van der Waals surface area contributed by atoms with Crippen molar-refractivity contribution >= 4 is 16.8 Å². The van der Waals surface area contributed by atoms with Crippen LogP contribution in [0.4, 0.5) is 0 Å². The Morgan fingerprint density at radius 1 is 1.00 bits per heavy atom. The minimum Gasteiger partial charge on any atom is -0.437 e. The van der Waals surface area contributed by atoms with Gasteiger partial charge in [0, 0.05) is 37.1 Å². The highest BCUT2D eigenvalue weighted by molar-refractivity contribution is 6.08. The van der Waals surface area contributed by atoms with Gasteiger partial charge in [-0.25, -0.2) is 9.97 Å². The van der Waals surface area contributed by atoms with E-state index in [1.807, 2.05) is 24.3 Å². The summed E-state index contributed by atoms with van der Waals surface area (Å²) in [6.45, 7) is 1.51. The van der Waals surface area contributed by atoms with E-state index < -0.39 is 0 Å². The summed E-state index contributed by atoms with van der Waals surface area (Å²) in [7, 11) is 0. The molecule has 0 unspecified atom stereocenters. The molecule has 2 aromatic heterocycles. The summed E-state index contributed by atoms with van der Waals surface area (Å²) in [5, 5.41) is 0. The third-order valence-electron chi connectivity index (χ3n) is 5.47. The van der Waals surface area contributed by atoms with Gasteiger partial charge in [-0.3, -0.25) is 9.78 Å². The fourth-order valence-electron chi connectivity index (χ4n) is 3.85. The molecule has 1 aliphatic heterocycles. The number of rotatable bonds is 5. The van der Waals surface area contributed by atoms with Gasteiger partial charge in [0.2, 0.25) is 11.7 Å². The molecule has 2 aromatic carbocycles. The molecule has 5 rings (SSSR count). The summed E-state index contributed by atoms with van der Waals surface area (Å²) in [6, 6.07) is 14.6. The third-order valence-corrected chi connectivity index (χ3v) is 5.47. The van der Waals surface area contributed by atoms with Crippen LogP contribution in [-0.2, 0) is 4.74 Å². The molecule has 1 fully saturated rings. The summed E-state index contributed by atoms with van der Waals surface area (Å²) >= 11 is 0. The molecule has 156 valence electrons. The lowest BCUT2D eigenvalue weighted by Crippen LogP contribution is -2.06. The van der Waals surface area contributed by atoms with Crippen molar-refractivity contribution in [1.29, 1.82) is 0 Å². The third kappa shape index (κ3) is 4.18. The van der Waals surface area contributed by atoms with Crippen LogP contribution in [0.1, 0.15) is 47.1 Å². The second-order valence-corrected chi connectivity index (χ2v) is 7.55. The molecule has 1 N–H and O–H groups in total. The predicted molar refractivity (Wildman–Crippen MR) is 115 cm³/mol. The molecule has 0 spiro atoms. The van der Waals surface area contributed by atoms with Gasteiger partial charge in [0.1, 0.15) is 11.4 Å². The zero-order valence-electron chi connectivity index (χ0n) is 17.0. The van der Waals surface area contributed by atoms with Crippen molar-refractivity contribution in [3.8, 4) is 11.6 Å². The summed E-state index contributed by atoms with van der Waals surface area (Å²) < 4.78 is 11.6. The van der Waals surface area contributed by atoms with Crippen molar-refractivity contribution in [2.75, 3.05) is 13.2 Å². The lowest BCUT2D eigenvalue weighted by Gasteiger charge is -2.16. The van der Waals surface area contributed by atoms with E-state index in [0.717, 1.165) is 49.2 Å². The van der Waals surface area contributed by atoms with Gasteiger partial charge in [-0.2, -0.15) is 0 Å². The number of H-pyrrole nitrogens is 1. The lowest BCUT2D eigenvalue weighted by molar-refractivity contribution is 0.103. The van der Waals surface area contributed by atoms with Gasteiger partial charge >= 0.3 is 0 Å². The van der Waals surface area contributed by atoms with Crippen LogP contribution in [0.3, 0.4) is 0 Å². The number of hydrogen-bond donors (Lipinski definition) is 1. The highest BCUT2D eigenvalue weighted by Gasteiger charge is 2.21. The fourth-order valence-corrected chi connectivity index (χ4v) is 3.85. The molecule has 3 heterocycles.